The molecule has 1 amide bonds. The third kappa shape index (κ3) is 7.42. The molecular formula is C20H27NO4. The fraction of sp³-hybridized carbons (Fsp3) is 0.500. The van der Waals surface area contributed by atoms with Gasteiger partial charge in [-0.2, -0.15) is 0 Å². The van der Waals surface area contributed by atoms with E-state index in [0.717, 1.165) is 30.6 Å². The Morgan fingerprint density at radius 2 is 2.04 bits per heavy atom. The molecule has 0 spiro atoms. The first kappa shape index (κ1) is 19.0. The monoisotopic (exact) mass is 345 g/mol. The molecule has 1 aromatic carbocycles. The van der Waals surface area contributed by atoms with Gasteiger partial charge in [0, 0.05) is 19.0 Å². The molecule has 0 bridgehead atoms. The van der Waals surface area contributed by atoms with Crippen molar-refractivity contribution in [3.05, 3.63) is 35.9 Å². The van der Waals surface area contributed by atoms with Crippen LogP contribution in [0.4, 0.5) is 0 Å². The van der Waals surface area contributed by atoms with Crippen molar-refractivity contribution >= 4 is 18.0 Å². The SMILES string of the molecule is COC(=O)CCCCNC(=O)/C=C/c1cccc(OC2CCCC2)c1. The van der Waals surface area contributed by atoms with Gasteiger partial charge < -0.3 is 14.8 Å². The highest BCUT2D eigenvalue weighted by Gasteiger charge is 2.16. The molecule has 25 heavy (non-hydrogen) atoms. The van der Waals surface area contributed by atoms with Crippen molar-refractivity contribution in [2.24, 2.45) is 0 Å². The lowest BCUT2D eigenvalue weighted by atomic mass is 10.2. The van der Waals surface area contributed by atoms with Gasteiger partial charge in [0.05, 0.1) is 13.2 Å². The first-order valence-electron chi connectivity index (χ1n) is 8.97. The Labute approximate surface area is 149 Å². The summed E-state index contributed by atoms with van der Waals surface area (Å²) in [5.41, 5.74) is 0.941. The highest BCUT2D eigenvalue weighted by atomic mass is 16.5. The molecule has 0 unspecified atom stereocenters. The smallest absolute Gasteiger partial charge is 0.305 e. The highest BCUT2D eigenvalue weighted by molar-refractivity contribution is 5.91. The number of benzene rings is 1. The van der Waals surface area contributed by atoms with Gasteiger partial charge in [0.1, 0.15) is 5.75 Å². The minimum absolute atomic E-state index is 0.139. The number of ether oxygens (including phenoxy) is 2. The summed E-state index contributed by atoms with van der Waals surface area (Å²) in [6, 6.07) is 7.80. The number of methoxy groups -OCH3 is 1. The van der Waals surface area contributed by atoms with Gasteiger partial charge in [-0.05, 0) is 62.3 Å². The maximum atomic E-state index is 11.8. The van der Waals surface area contributed by atoms with Crippen LogP contribution < -0.4 is 10.1 Å². The van der Waals surface area contributed by atoms with Crippen molar-refractivity contribution in [2.45, 2.75) is 51.0 Å². The van der Waals surface area contributed by atoms with E-state index in [-0.39, 0.29) is 11.9 Å². The molecule has 0 atom stereocenters. The molecule has 2 rings (SSSR count). The molecule has 0 radical (unpaired) electrons. The highest BCUT2D eigenvalue weighted by Crippen LogP contribution is 2.24. The van der Waals surface area contributed by atoms with Crippen molar-refractivity contribution in [3.63, 3.8) is 0 Å². The molecule has 5 nitrogen and oxygen atoms in total. The van der Waals surface area contributed by atoms with Crippen LogP contribution in [0.5, 0.6) is 5.75 Å². The number of hydrogen-bond donors (Lipinski definition) is 1. The average Bonchev–Trinajstić information content (AvgIpc) is 3.12. The molecule has 0 heterocycles. The number of unbranched alkanes of at least 4 members (excludes halogenated alkanes) is 1. The quantitative estimate of drug-likeness (QED) is 0.423. The van der Waals surface area contributed by atoms with Gasteiger partial charge in [-0.3, -0.25) is 9.59 Å². The normalized spacial score (nSPS) is 14.6. The molecule has 0 aromatic heterocycles. The van der Waals surface area contributed by atoms with Crippen LogP contribution in [0.25, 0.3) is 6.08 Å². The molecule has 1 N–H and O–H groups in total. The van der Waals surface area contributed by atoms with Crippen LogP contribution in [-0.4, -0.2) is 31.6 Å². The van der Waals surface area contributed by atoms with Crippen LogP contribution in [-0.2, 0) is 14.3 Å². The summed E-state index contributed by atoms with van der Waals surface area (Å²) >= 11 is 0. The molecule has 1 fully saturated rings. The topological polar surface area (TPSA) is 64.6 Å². The zero-order valence-corrected chi connectivity index (χ0v) is 14.8. The standard InChI is InChI=1S/C20H27NO4/c1-24-20(23)11-4-5-14-21-19(22)13-12-16-7-6-10-18(15-16)25-17-8-2-3-9-17/h6-7,10,12-13,15,17H,2-5,8-9,11,14H2,1H3,(H,21,22)/b13-12+. The van der Waals surface area contributed by atoms with E-state index in [4.69, 9.17) is 4.74 Å². The zero-order valence-electron chi connectivity index (χ0n) is 14.8. The molecule has 1 saturated carbocycles. The molecule has 136 valence electrons. The fourth-order valence-electron chi connectivity index (χ4n) is 2.83. The van der Waals surface area contributed by atoms with Gasteiger partial charge >= 0.3 is 5.97 Å². The molecule has 1 aromatic rings. The third-order valence-corrected chi connectivity index (χ3v) is 4.22. The second kappa shape index (κ2) is 10.5. The zero-order chi connectivity index (χ0) is 17.9. The Kier molecular flexibility index (Phi) is 8.02. The van der Waals surface area contributed by atoms with E-state index in [1.54, 1.807) is 6.08 Å². The van der Waals surface area contributed by atoms with Crippen LogP contribution in [0.1, 0.15) is 50.5 Å². The van der Waals surface area contributed by atoms with Crippen molar-refractivity contribution in [2.75, 3.05) is 13.7 Å². The van der Waals surface area contributed by atoms with Crippen molar-refractivity contribution in [1.29, 1.82) is 0 Å². The van der Waals surface area contributed by atoms with E-state index in [1.807, 2.05) is 24.3 Å². The number of hydrogen-bond acceptors (Lipinski definition) is 4. The summed E-state index contributed by atoms with van der Waals surface area (Å²) in [5.74, 6) is 0.503. The third-order valence-electron chi connectivity index (χ3n) is 4.22. The maximum absolute atomic E-state index is 11.8. The lowest BCUT2D eigenvalue weighted by molar-refractivity contribution is -0.140. The van der Waals surface area contributed by atoms with Gasteiger partial charge in [-0.1, -0.05) is 12.1 Å². The van der Waals surface area contributed by atoms with E-state index >= 15 is 0 Å². The van der Waals surface area contributed by atoms with Crippen molar-refractivity contribution in [3.8, 4) is 5.75 Å². The van der Waals surface area contributed by atoms with E-state index in [1.165, 1.54) is 26.0 Å². The Morgan fingerprint density at radius 3 is 2.80 bits per heavy atom. The molecule has 5 heteroatoms. The summed E-state index contributed by atoms with van der Waals surface area (Å²) in [6.07, 6.45) is 10.2. The van der Waals surface area contributed by atoms with Crippen LogP contribution in [0.15, 0.2) is 30.3 Å². The Bertz CT molecular complexity index is 591. The van der Waals surface area contributed by atoms with Gasteiger partial charge in [-0.15, -0.1) is 0 Å². The molecule has 1 aliphatic carbocycles. The second-order valence-electron chi connectivity index (χ2n) is 6.25. The minimum Gasteiger partial charge on any atom is -0.490 e. The van der Waals surface area contributed by atoms with Crippen LogP contribution >= 0.6 is 0 Å². The largest absolute Gasteiger partial charge is 0.490 e. The summed E-state index contributed by atoms with van der Waals surface area (Å²) in [4.78, 5) is 22.8. The molecule has 0 aliphatic heterocycles. The predicted molar refractivity (Wildman–Crippen MR) is 97.2 cm³/mol. The average molecular weight is 345 g/mol. The van der Waals surface area contributed by atoms with Gasteiger partial charge in [0.25, 0.3) is 0 Å². The van der Waals surface area contributed by atoms with Crippen LogP contribution in [0, 0.1) is 0 Å². The van der Waals surface area contributed by atoms with E-state index in [9.17, 15) is 9.59 Å². The van der Waals surface area contributed by atoms with Gasteiger partial charge in [0.15, 0.2) is 0 Å². The number of rotatable bonds is 9. The predicted octanol–water partition coefficient (Wildman–Crippen LogP) is 3.48. The van der Waals surface area contributed by atoms with Gasteiger partial charge in [0.2, 0.25) is 5.91 Å². The van der Waals surface area contributed by atoms with Crippen molar-refractivity contribution in [1.82, 2.24) is 5.32 Å². The van der Waals surface area contributed by atoms with E-state index in [0.29, 0.717) is 25.5 Å². The van der Waals surface area contributed by atoms with E-state index in [2.05, 4.69) is 10.1 Å². The fourth-order valence-corrected chi connectivity index (χ4v) is 2.83. The van der Waals surface area contributed by atoms with Gasteiger partial charge in [-0.25, -0.2) is 0 Å². The molecule has 0 saturated heterocycles. The summed E-state index contributed by atoms with van der Waals surface area (Å²) in [6.45, 7) is 0.547. The van der Waals surface area contributed by atoms with Crippen LogP contribution in [0.2, 0.25) is 0 Å². The summed E-state index contributed by atoms with van der Waals surface area (Å²) in [7, 11) is 1.38. The van der Waals surface area contributed by atoms with Crippen LogP contribution in [0.3, 0.4) is 0 Å². The number of carbonyl (C=O) groups excluding carboxylic acids is 2. The first-order chi connectivity index (χ1) is 12.2. The number of esters is 1. The number of carbonyl (C=O) groups is 2. The Balaban J connectivity index is 1.71. The summed E-state index contributed by atoms with van der Waals surface area (Å²) < 4.78 is 10.5. The first-order valence-corrected chi connectivity index (χ1v) is 8.97. The summed E-state index contributed by atoms with van der Waals surface area (Å²) in [5, 5.41) is 2.81. The number of nitrogens with one attached hydrogen (secondary N) is 1. The Hall–Kier alpha value is -2.30. The Morgan fingerprint density at radius 1 is 1.24 bits per heavy atom. The maximum Gasteiger partial charge on any atom is 0.305 e. The lowest BCUT2D eigenvalue weighted by Crippen LogP contribution is -2.22. The minimum atomic E-state index is -0.217. The van der Waals surface area contributed by atoms with E-state index < -0.39 is 0 Å². The molecule has 1 aliphatic rings. The second-order valence-corrected chi connectivity index (χ2v) is 6.25. The molecular weight excluding hydrogens is 318 g/mol. The number of amides is 1. The lowest BCUT2D eigenvalue weighted by Gasteiger charge is -2.13. The van der Waals surface area contributed by atoms with Crippen molar-refractivity contribution < 1.29 is 19.1 Å².